The number of amides is 1. The van der Waals surface area contributed by atoms with E-state index in [9.17, 15) is 9.59 Å². The number of carbonyl (C=O) groups excluding carboxylic acids is 1. The third-order valence-electron chi connectivity index (χ3n) is 3.21. The molecule has 1 heterocycles. The van der Waals surface area contributed by atoms with Crippen molar-refractivity contribution in [2.75, 3.05) is 19.8 Å². The normalized spacial score (nSPS) is 15.4. The molecule has 0 unspecified atom stereocenters. The van der Waals surface area contributed by atoms with Crippen molar-refractivity contribution >= 4 is 11.9 Å². The first-order valence-corrected chi connectivity index (χ1v) is 6.94. The number of hydrogen-bond donors (Lipinski definition) is 2. The molecular weight excluding hydrogens is 274 g/mol. The molecule has 1 aliphatic heterocycles. The second-order valence-corrected chi connectivity index (χ2v) is 4.96. The first kappa shape index (κ1) is 15.3. The fraction of sp³-hybridized carbons (Fsp3) is 0.467. The second-order valence-electron chi connectivity index (χ2n) is 4.96. The maximum Gasteiger partial charge on any atom is 0.307 e. The number of carbonyl (C=O) groups is 2. The van der Waals surface area contributed by atoms with Crippen LogP contribution >= 0.6 is 0 Å². The molecule has 6 nitrogen and oxygen atoms in total. The smallest absolute Gasteiger partial charge is 0.307 e. The van der Waals surface area contributed by atoms with E-state index in [1.165, 1.54) is 0 Å². The zero-order valence-electron chi connectivity index (χ0n) is 11.7. The van der Waals surface area contributed by atoms with Crippen molar-refractivity contribution in [3.05, 3.63) is 29.8 Å². The van der Waals surface area contributed by atoms with Crippen LogP contribution in [0.2, 0.25) is 0 Å². The minimum atomic E-state index is -0.899. The van der Waals surface area contributed by atoms with E-state index in [1.807, 2.05) is 0 Å². The molecule has 0 saturated carbocycles. The third-order valence-corrected chi connectivity index (χ3v) is 3.21. The lowest BCUT2D eigenvalue weighted by atomic mass is 10.1. The van der Waals surface area contributed by atoms with E-state index < -0.39 is 5.97 Å². The van der Waals surface area contributed by atoms with Crippen LogP contribution in [0, 0.1) is 0 Å². The average molecular weight is 293 g/mol. The van der Waals surface area contributed by atoms with Crippen LogP contribution in [0.3, 0.4) is 0 Å². The van der Waals surface area contributed by atoms with E-state index in [1.54, 1.807) is 24.3 Å². The van der Waals surface area contributed by atoms with E-state index in [0.717, 1.165) is 12.8 Å². The van der Waals surface area contributed by atoms with Gasteiger partial charge in [-0.1, -0.05) is 12.1 Å². The SMILES string of the molecule is O=C(O)Cc1cccc(OCC(=O)NC2CCOCC2)c1. The molecule has 0 spiro atoms. The van der Waals surface area contributed by atoms with Crippen LogP contribution in [0.25, 0.3) is 0 Å². The number of nitrogens with one attached hydrogen (secondary N) is 1. The first-order chi connectivity index (χ1) is 10.1. The topological polar surface area (TPSA) is 84.9 Å². The van der Waals surface area contributed by atoms with Gasteiger partial charge in [0.05, 0.1) is 6.42 Å². The summed E-state index contributed by atoms with van der Waals surface area (Å²) in [4.78, 5) is 22.4. The van der Waals surface area contributed by atoms with Gasteiger partial charge in [-0.2, -0.15) is 0 Å². The first-order valence-electron chi connectivity index (χ1n) is 6.94. The Hall–Kier alpha value is -2.08. The highest BCUT2D eigenvalue weighted by molar-refractivity contribution is 5.77. The van der Waals surface area contributed by atoms with Gasteiger partial charge in [-0.15, -0.1) is 0 Å². The molecular formula is C15H19NO5. The van der Waals surface area contributed by atoms with Crippen LogP contribution < -0.4 is 10.1 Å². The summed E-state index contributed by atoms with van der Waals surface area (Å²) in [6.45, 7) is 1.26. The molecule has 1 fully saturated rings. The van der Waals surface area contributed by atoms with Crippen molar-refractivity contribution in [1.29, 1.82) is 0 Å². The number of hydrogen-bond acceptors (Lipinski definition) is 4. The summed E-state index contributed by atoms with van der Waals surface area (Å²) >= 11 is 0. The van der Waals surface area contributed by atoms with Gasteiger partial charge in [0, 0.05) is 19.3 Å². The van der Waals surface area contributed by atoms with Gasteiger partial charge in [-0.3, -0.25) is 9.59 Å². The van der Waals surface area contributed by atoms with Gasteiger partial charge in [0.25, 0.3) is 5.91 Å². The number of carboxylic acids is 1. The van der Waals surface area contributed by atoms with Crippen LogP contribution in [-0.2, 0) is 20.7 Å². The molecule has 2 rings (SSSR count). The highest BCUT2D eigenvalue weighted by atomic mass is 16.5. The summed E-state index contributed by atoms with van der Waals surface area (Å²) in [6.07, 6.45) is 1.57. The molecule has 2 N–H and O–H groups in total. The third kappa shape index (κ3) is 5.43. The molecule has 0 radical (unpaired) electrons. The molecule has 1 aromatic rings. The second kappa shape index (κ2) is 7.64. The summed E-state index contributed by atoms with van der Waals surface area (Å²) < 4.78 is 10.6. The minimum Gasteiger partial charge on any atom is -0.484 e. The lowest BCUT2D eigenvalue weighted by Gasteiger charge is -2.23. The van der Waals surface area contributed by atoms with Crippen molar-refractivity contribution in [3.8, 4) is 5.75 Å². The van der Waals surface area contributed by atoms with Gasteiger partial charge >= 0.3 is 5.97 Å². The van der Waals surface area contributed by atoms with Crippen LogP contribution in [0.1, 0.15) is 18.4 Å². The fourth-order valence-electron chi connectivity index (χ4n) is 2.18. The summed E-state index contributed by atoms with van der Waals surface area (Å²) in [6, 6.07) is 6.91. The van der Waals surface area contributed by atoms with Gasteiger partial charge in [0.15, 0.2) is 6.61 Å². The lowest BCUT2D eigenvalue weighted by Crippen LogP contribution is -2.41. The zero-order valence-corrected chi connectivity index (χ0v) is 11.7. The van der Waals surface area contributed by atoms with Crippen molar-refractivity contribution in [3.63, 3.8) is 0 Å². The van der Waals surface area contributed by atoms with Gasteiger partial charge in [-0.05, 0) is 30.5 Å². The largest absolute Gasteiger partial charge is 0.484 e. The Morgan fingerprint density at radius 3 is 2.81 bits per heavy atom. The highest BCUT2D eigenvalue weighted by Crippen LogP contribution is 2.14. The number of aliphatic carboxylic acids is 1. The fourth-order valence-corrected chi connectivity index (χ4v) is 2.18. The lowest BCUT2D eigenvalue weighted by molar-refractivity contribution is -0.136. The Labute approximate surface area is 123 Å². The Kier molecular flexibility index (Phi) is 5.57. The molecule has 21 heavy (non-hydrogen) atoms. The maximum absolute atomic E-state index is 11.8. The summed E-state index contributed by atoms with van der Waals surface area (Å²) in [7, 11) is 0. The van der Waals surface area contributed by atoms with Crippen LogP contribution in [0.4, 0.5) is 0 Å². The quantitative estimate of drug-likeness (QED) is 0.817. The molecule has 1 aromatic carbocycles. The number of rotatable bonds is 6. The molecule has 1 aliphatic rings. The van der Waals surface area contributed by atoms with Crippen LogP contribution in [0.5, 0.6) is 5.75 Å². The molecule has 6 heteroatoms. The Bertz CT molecular complexity index is 497. The molecule has 1 saturated heterocycles. The van der Waals surface area contributed by atoms with Gasteiger partial charge in [0.2, 0.25) is 0 Å². The molecule has 0 aliphatic carbocycles. The monoisotopic (exact) mass is 293 g/mol. The van der Waals surface area contributed by atoms with Crippen molar-refractivity contribution in [2.24, 2.45) is 0 Å². The molecule has 0 atom stereocenters. The Morgan fingerprint density at radius 1 is 1.33 bits per heavy atom. The minimum absolute atomic E-state index is 0.0640. The predicted octanol–water partition coefficient (Wildman–Crippen LogP) is 0.988. The molecule has 0 aromatic heterocycles. The van der Waals surface area contributed by atoms with E-state index in [-0.39, 0.29) is 25.0 Å². The maximum atomic E-state index is 11.8. The van der Waals surface area contributed by atoms with Gasteiger partial charge in [0.1, 0.15) is 5.75 Å². The standard InChI is InChI=1S/C15H19NO5/c17-14(16-12-4-6-20-7-5-12)10-21-13-3-1-2-11(8-13)9-15(18)19/h1-3,8,12H,4-7,9-10H2,(H,16,17)(H,18,19). The van der Waals surface area contributed by atoms with E-state index in [0.29, 0.717) is 24.5 Å². The summed E-state index contributed by atoms with van der Waals surface area (Å²) in [5.41, 5.74) is 0.643. The van der Waals surface area contributed by atoms with E-state index >= 15 is 0 Å². The number of ether oxygens (including phenoxy) is 2. The average Bonchev–Trinajstić information content (AvgIpc) is 2.46. The Balaban J connectivity index is 1.79. The number of benzene rings is 1. The predicted molar refractivity (Wildman–Crippen MR) is 75.3 cm³/mol. The van der Waals surface area contributed by atoms with Gasteiger partial charge in [-0.25, -0.2) is 0 Å². The molecule has 0 bridgehead atoms. The van der Waals surface area contributed by atoms with E-state index in [2.05, 4.69) is 5.32 Å². The van der Waals surface area contributed by atoms with Crippen LogP contribution in [0.15, 0.2) is 24.3 Å². The summed E-state index contributed by atoms with van der Waals surface area (Å²) in [5, 5.41) is 11.6. The molecule has 114 valence electrons. The van der Waals surface area contributed by atoms with Crippen LogP contribution in [-0.4, -0.2) is 42.8 Å². The zero-order chi connectivity index (χ0) is 15.1. The highest BCUT2D eigenvalue weighted by Gasteiger charge is 2.16. The van der Waals surface area contributed by atoms with Gasteiger partial charge < -0.3 is 19.9 Å². The Morgan fingerprint density at radius 2 is 2.10 bits per heavy atom. The van der Waals surface area contributed by atoms with Crippen molar-refractivity contribution in [1.82, 2.24) is 5.32 Å². The summed E-state index contributed by atoms with van der Waals surface area (Å²) in [5.74, 6) is -0.578. The van der Waals surface area contributed by atoms with Crippen molar-refractivity contribution < 1.29 is 24.2 Å². The molecule has 1 amide bonds. The van der Waals surface area contributed by atoms with Crippen molar-refractivity contribution in [2.45, 2.75) is 25.3 Å². The number of carboxylic acid groups (broad SMARTS) is 1. The van der Waals surface area contributed by atoms with E-state index in [4.69, 9.17) is 14.6 Å².